The molecule has 1 unspecified atom stereocenters. The molecule has 1 aromatic rings. The lowest BCUT2D eigenvalue weighted by molar-refractivity contribution is -0.137. The van der Waals surface area contributed by atoms with Crippen LogP contribution in [-0.4, -0.2) is 16.2 Å². The van der Waals surface area contributed by atoms with Crippen LogP contribution >= 0.6 is 11.6 Å². The van der Waals surface area contributed by atoms with Gasteiger partial charge in [-0.05, 0) is 24.6 Å². The van der Waals surface area contributed by atoms with Crippen molar-refractivity contribution in [2.75, 3.05) is 5.73 Å². The third kappa shape index (κ3) is 3.42. The number of aliphatic hydroxyl groups is 1. The number of benzene rings is 1. The fourth-order valence-corrected chi connectivity index (χ4v) is 1.43. The lowest BCUT2D eigenvalue weighted by Gasteiger charge is -2.12. The highest BCUT2D eigenvalue weighted by Crippen LogP contribution is 2.26. The molecule has 1 aromatic carbocycles. The van der Waals surface area contributed by atoms with Crippen LogP contribution in [0.5, 0.6) is 0 Å². The van der Waals surface area contributed by atoms with Crippen molar-refractivity contribution in [1.29, 1.82) is 0 Å². The molecule has 5 heteroatoms. The summed E-state index contributed by atoms with van der Waals surface area (Å²) in [5, 5.41) is 18.6. The van der Waals surface area contributed by atoms with Crippen LogP contribution in [0.4, 0.5) is 5.69 Å². The molecule has 0 aromatic heterocycles. The predicted molar refractivity (Wildman–Crippen MR) is 57.7 cm³/mol. The highest BCUT2D eigenvalue weighted by molar-refractivity contribution is 6.30. The van der Waals surface area contributed by atoms with Gasteiger partial charge in [0.25, 0.3) is 0 Å². The molecule has 15 heavy (non-hydrogen) atoms. The molecular formula is C10H12ClNO3. The summed E-state index contributed by atoms with van der Waals surface area (Å²) in [7, 11) is 0. The lowest BCUT2D eigenvalue weighted by atomic mass is 10.0. The van der Waals surface area contributed by atoms with E-state index in [1.807, 2.05) is 0 Å². The van der Waals surface area contributed by atoms with Crippen molar-refractivity contribution in [3.8, 4) is 0 Å². The first-order valence-electron chi connectivity index (χ1n) is 4.45. The molecule has 0 heterocycles. The Morgan fingerprint density at radius 3 is 2.80 bits per heavy atom. The number of rotatable bonds is 4. The second-order valence-electron chi connectivity index (χ2n) is 3.22. The average molecular weight is 230 g/mol. The fourth-order valence-electron chi connectivity index (χ4n) is 1.25. The van der Waals surface area contributed by atoms with E-state index in [2.05, 4.69) is 0 Å². The highest BCUT2D eigenvalue weighted by Gasteiger charge is 2.13. The van der Waals surface area contributed by atoms with Gasteiger partial charge in [-0.25, -0.2) is 0 Å². The van der Waals surface area contributed by atoms with Gasteiger partial charge in [0.05, 0.1) is 6.10 Å². The first-order valence-corrected chi connectivity index (χ1v) is 4.83. The smallest absolute Gasteiger partial charge is 0.303 e. The van der Waals surface area contributed by atoms with Gasteiger partial charge < -0.3 is 15.9 Å². The molecule has 0 aliphatic heterocycles. The van der Waals surface area contributed by atoms with Crippen LogP contribution in [-0.2, 0) is 4.79 Å². The number of aliphatic carboxylic acids is 1. The van der Waals surface area contributed by atoms with Crippen molar-refractivity contribution >= 4 is 23.3 Å². The minimum Gasteiger partial charge on any atom is -0.481 e. The highest BCUT2D eigenvalue weighted by atomic mass is 35.5. The number of carboxylic acids is 1. The number of nitrogens with two attached hydrogens (primary N) is 1. The van der Waals surface area contributed by atoms with Crippen LogP contribution < -0.4 is 5.73 Å². The first-order chi connectivity index (χ1) is 7.00. The normalized spacial score (nSPS) is 12.4. The van der Waals surface area contributed by atoms with Gasteiger partial charge in [0.1, 0.15) is 0 Å². The molecule has 4 N–H and O–H groups in total. The molecule has 0 aliphatic carbocycles. The molecule has 0 saturated heterocycles. The Morgan fingerprint density at radius 2 is 2.20 bits per heavy atom. The average Bonchev–Trinajstić information content (AvgIpc) is 2.18. The molecule has 4 nitrogen and oxygen atoms in total. The van der Waals surface area contributed by atoms with Crippen LogP contribution in [0.25, 0.3) is 0 Å². The van der Waals surface area contributed by atoms with E-state index in [9.17, 15) is 9.90 Å². The predicted octanol–water partition coefficient (Wildman–Crippen LogP) is 1.82. The molecule has 0 fully saturated rings. The number of nitrogen functional groups attached to an aromatic ring is 1. The van der Waals surface area contributed by atoms with Crippen molar-refractivity contribution in [2.45, 2.75) is 18.9 Å². The summed E-state index contributed by atoms with van der Waals surface area (Å²) >= 11 is 5.74. The first kappa shape index (κ1) is 11.8. The molecule has 0 aliphatic rings. The zero-order chi connectivity index (χ0) is 11.4. The van der Waals surface area contributed by atoms with Gasteiger partial charge in [-0.1, -0.05) is 11.6 Å². The molecule has 0 amide bonds. The monoisotopic (exact) mass is 229 g/mol. The Kier molecular flexibility index (Phi) is 3.94. The zero-order valence-electron chi connectivity index (χ0n) is 7.98. The van der Waals surface area contributed by atoms with E-state index in [0.29, 0.717) is 16.3 Å². The maximum Gasteiger partial charge on any atom is 0.303 e. The summed E-state index contributed by atoms with van der Waals surface area (Å²) in [6.07, 6.45) is -0.868. The Labute approximate surface area is 92.3 Å². The van der Waals surface area contributed by atoms with Gasteiger partial charge in [-0.2, -0.15) is 0 Å². The van der Waals surface area contributed by atoms with Crippen molar-refractivity contribution in [2.24, 2.45) is 0 Å². The Bertz CT molecular complexity index is 368. The van der Waals surface area contributed by atoms with Crippen molar-refractivity contribution in [3.63, 3.8) is 0 Å². The number of aliphatic hydroxyl groups excluding tert-OH is 1. The molecule has 0 saturated carbocycles. The minimum atomic E-state index is -0.949. The number of halogens is 1. The van der Waals surface area contributed by atoms with Crippen LogP contribution in [0, 0.1) is 0 Å². The summed E-state index contributed by atoms with van der Waals surface area (Å²) in [6.45, 7) is 0. The number of hydrogen-bond donors (Lipinski definition) is 3. The van der Waals surface area contributed by atoms with E-state index >= 15 is 0 Å². The van der Waals surface area contributed by atoms with Crippen molar-refractivity contribution < 1.29 is 15.0 Å². The van der Waals surface area contributed by atoms with Gasteiger partial charge >= 0.3 is 5.97 Å². The van der Waals surface area contributed by atoms with Crippen molar-refractivity contribution in [1.82, 2.24) is 0 Å². The summed E-state index contributed by atoms with van der Waals surface area (Å²) in [5.74, 6) is -0.949. The van der Waals surface area contributed by atoms with Gasteiger partial charge in [0, 0.05) is 22.7 Å². The van der Waals surface area contributed by atoms with E-state index in [-0.39, 0.29) is 12.8 Å². The topological polar surface area (TPSA) is 83.5 Å². The minimum absolute atomic E-state index is 0.104. The molecule has 0 bridgehead atoms. The Balaban J connectivity index is 2.76. The largest absolute Gasteiger partial charge is 0.481 e. The molecule has 1 atom stereocenters. The lowest BCUT2D eigenvalue weighted by Crippen LogP contribution is -2.05. The van der Waals surface area contributed by atoms with Crippen LogP contribution in [0.1, 0.15) is 24.5 Å². The quantitative estimate of drug-likeness (QED) is 0.688. The van der Waals surface area contributed by atoms with E-state index < -0.39 is 12.1 Å². The zero-order valence-corrected chi connectivity index (χ0v) is 8.74. The van der Waals surface area contributed by atoms with E-state index in [4.69, 9.17) is 22.4 Å². The molecule has 0 radical (unpaired) electrons. The maximum atomic E-state index is 10.3. The summed E-state index contributed by atoms with van der Waals surface area (Å²) in [6, 6.07) is 4.75. The maximum absolute atomic E-state index is 10.3. The number of anilines is 1. The van der Waals surface area contributed by atoms with Crippen LogP contribution in [0.3, 0.4) is 0 Å². The summed E-state index contributed by atoms with van der Waals surface area (Å²) in [5.41, 5.74) is 6.52. The van der Waals surface area contributed by atoms with Gasteiger partial charge in [0.2, 0.25) is 0 Å². The fraction of sp³-hybridized carbons (Fsp3) is 0.300. The second-order valence-corrected chi connectivity index (χ2v) is 3.66. The van der Waals surface area contributed by atoms with Gasteiger partial charge in [0.15, 0.2) is 0 Å². The van der Waals surface area contributed by atoms with E-state index in [1.54, 1.807) is 18.2 Å². The molecule has 82 valence electrons. The van der Waals surface area contributed by atoms with Crippen molar-refractivity contribution in [3.05, 3.63) is 28.8 Å². The van der Waals surface area contributed by atoms with Crippen LogP contribution in [0.2, 0.25) is 5.02 Å². The number of hydrogen-bond acceptors (Lipinski definition) is 3. The number of carbonyl (C=O) groups is 1. The molecule has 0 spiro atoms. The molecular weight excluding hydrogens is 218 g/mol. The summed E-state index contributed by atoms with van der Waals surface area (Å²) < 4.78 is 0. The SMILES string of the molecule is Nc1ccc(Cl)cc1C(O)CCC(=O)O. The third-order valence-corrected chi connectivity index (χ3v) is 2.27. The van der Waals surface area contributed by atoms with Gasteiger partial charge in [-0.3, -0.25) is 4.79 Å². The standard InChI is InChI=1S/C10H12ClNO3/c11-6-1-2-8(12)7(5-6)9(13)3-4-10(14)15/h1-2,5,9,13H,3-4,12H2,(H,14,15). The second kappa shape index (κ2) is 5.00. The third-order valence-electron chi connectivity index (χ3n) is 2.04. The summed E-state index contributed by atoms with van der Waals surface area (Å²) in [4.78, 5) is 10.3. The van der Waals surface area contributed by atoms with E-state index in [1.165, 1.54) is 0 Å². The van der Waals surface area contributed by atoms with E-state index in [0.717, 1.165) is 0 Å². The molecule has 1 rings (SSSR count). The number of carboxylic acid groups (broad SMARTS) is 1. The Morgan fingerprint density at radius 1 is 1.53 bits per heavy atom. The van der Waals surface area contributed by atoms with Crippen LogP contribution in [0.15, 0.2) is 18.2 Å². The van der Waals surface area contributed by atoms with Gasteiger partial charge in [-0.15, -0.1) is 0 Å². The Hall–Kier alpha value is -1.26.